The highest BCUT2D eigenvalue weighted by atomic mass is 31.3. The van der Waals surface area contributed by atoms with E-state index in [4.69, 9.17) is 19.6 Å². The molecule has 0 aliphatic carbocycles. The van der Waals surface area contributed by atoms with Crippen LogP contribution in [0.1, 0.15) is 50.3 Å². The lowest BCUT2D eigenvalue weighted by molar-refractivity contribution is -0.0450. The molecule has 1 aromatic heterocycles. The fraction of sp³-hybridized carbons (Fsp3) is 0.667. The Morgan fingerprint density at radius 3 is 2.44 bits per heavy atom. The van der Waals surface area contributed by atoms with Crippen LogP contribution in [-0.2, 0) is 31.6 Å². The maximum absolute atomic E-state index is 12.3. The smallest absolute Gasteiger partial charge is 0.394 e. The Labute approximate surface area is 220 Å². The largest absolute Gasteiger partial charge is 0.490 e. The summed E-state index contributed by atoms with van der Waals surface area (Å²) < 4.78 is 51.9. The lowest BCUT2D eigenvalue weighted by atomic mass is 10.1. The Bertz CT molecular complexity index is 1300. The molecule has 2 rings (SSSR count). The van der Waals surface area contributed by atoms with Crippen LogP contribution in [0.4, 0.5) is 0 Å². The number of hydrogen-bond donors (Lipinski definition) is 8. The van der Waals surface area contributed by atoms with Gasteiger partial charge in [-0.3, -0.25) is 18.9 Å². The maximum Gasteiger partial charge on any atom is 0.490 e. The standard InChI is InChI=1S/C18H29N2O16P3/c21-10-13(22)7-5-3-1-2-4-6-12-9-20(18(25)19-17(12)24)16-8-14(23)15(34-16)11-33-38(29,30)36-39(31,32)35-37(26,27)28/h9,13-16,21-23H,1-3,5,7-8,10-11H2,(H,29,30)(H,31,32)(H,19,24,25)(H2,26,27,28)/t13?,14-,15+,16+/m0/s1. The molecule has 1 aliphatic rings. The van der Waals surface area contributed by atoms with Gasteiger partial charge in [-0.05, 0) is 12.8 Å². The summed E-state index contributed by atoms with van der Waals surface area (Å²) in [6, 6.07) is 0. The molecular weight excluding hydrogens is 593 g/mol. The molecule has 0 saturated carbocycles. The van der Waals surface area contributed by atoms with Gasteiger partial charge in [0.05, 0.1) is 25.4 Å². The van der Waals surface area contributed by atoms with E-state index in [-0.39, 0.29) is 18.6 Å². The molecule has 0 aromatic carbocycles. The molecule has 2 heterocycles. The minimum atomic E-state index is -5.73. The van der Waals surface area contributed by atoms with Crippen molar-refractivity contribution in [2.24, 2.45) is 0 Å². The Morgan fingerprint density at radius 1 is 1.10 bits per heavy atom. The van der Waals surface area contributed by atoms with E-state index in [1.54, 1.807) is 0 Å². The van der Waals surface area contributed by atoms with E-state index in [9.17, 15) is 43.3 Å². The van der Waals surface area contributed by atoms with Crippen molar-refractivity contribution in [1.82, 2.24) is 9.55 Å². The SMILES string of the molecule is O=c1[nH]c(=O)n([C@H]2C[C@H](O)[C@@H](COP(=O)(O)OP(=O)(O)OP(=O)(O)O)O2)cc1C#CCCCCCC(O)CO. The predicted octanol–water partition coefficient (Wildman–Crippen LogP) is -0.817. The van der Waals surface area contributed by atoms with Crippen LogP contribution in [-0.4, -0.2) is 76.0 Å². The third-order valence-corrected chi connectivity index (χ3v) is 8.88. The summed E-state index contributed by atoms with van der Waals surface area (Å²) in [6.45, 7) is -1.24. The second kappa shape index (κ2) is 14.4. The van der Waals surface area contributed by atoms with Crippen LogP contribution in [0.25, 0.3) is 0 Å². The molecular formula is C18H29N2O16P3. The van der Waals surface area contributed by atoms with Crippen LogP contribution in [0.15, 0.2) is 15.8 Å². The van der Waals surface area contributed by atoms with Gasteiger partial charge in [0.2, 0.25) is 0 Å². The van der Waals surface area contributed by atoms with Gasteiger partial charge in [0, 0.05) is 19.0 Å². The fourth-order valence-electron chi connectivity index (χ4n) is 3.31. The Morgan fingerprint density at radius 2 is 1.79 bits per heavy atom. The van der Waals surface area contributed by atoms with Crippen molar-refractivity contribution in [3.8, 4) is 11.8 Å². The summed E-state index contributed by atoms with van der Waals surface area (Å²) in [5.41, 5.74) is -1.75. The van der Waals surface area contributed by atoms with Crippen molar-refractivity contribution < 1.29 is 66.5 Å². The van der Waals surface area contributed by atoms with E-state index in [0.29, 0.717) is 25.7 Å². The highest BCUT2D eigenvalue weighted by Gasteiger charge is 2.43. The number of aliphatic hydroxyl groups is 3. The number of rotatable bonds is 14. The summed E-state index contributed by atoms with van der Waals surface area (Å²) in [4.78, 5) is 62.3. The van der Waals surface area contributed by atoms with E-state index in [2.05, 4.69) is 30.0 Å². The molecule has 0 amide bonds. The highest BCUT2D eigenvalue weighted by Crippen LogP contribution is 2.66. The van der Waals surface area contributed by atoms with Gasteiger partial charge in [-0.15, -0.1) is 0 Å². The average Bonchev–Trinajstić information content (AvgIpc) is 3.15. The number of phosphoric ester groups is 1. The molecule has 1 aromatic rings. The number of phosphoric acid groups is 3. The van der Waals surface area contributed by atoms with Crippen molar-refractivity contribution >= 4 is 23.5 Å². The number of H-pyrrole nitrogens is 1. The van der Waals surface area contributed by atoms with Gasteiger partial charge in [-0.1, -0.05) is 24.7 Å². The number of unbranched alkanes of at least 4 members (excludes halogenated alkanes) is 3. The van der Waals surface area contributed by atoms with Crippen LogP contribution < -0.4 is 11.2 Å². The third-order valence-electron chi connectivity index (χ3n) is 5.07. The fourth-order valence-corrected chi connectivity index (χ4v) is 6.34. The summed E-state index contributed by atoms with van der Waals surface area (Å²) >= 11 is 0. The summed E-state index contributed by atoms with van der Waals surface area (Å²) in [5, 5.41) is 28.3. The van der Waals surface area contributed by atoms with Gasteiger partial charge in [0.25, 0.3) is 5.56 Å². The van der Waals surface area contributed by atoms with Gasteiger partial charge >= 0.3 is 29.2 Å². The van der Waals surface area contributed by atoms with Gasteiger partial charge in [-0.2, -0.15) is 8.62 Å². The van der Waals surface area contributed by atoms with Crippen molar-refractivity contribution in [2.75, 3.05) is 13.2 Å². The van der Waals surface area contributed by atoms with Gasteiger partial charge in [0.15, 0.2) is 0 Å². The summed E-state index contributed by atoms with van der Waals surface area (Å²) in [7, 11) is -16.8. The number of hydrogen-bond acceptors (Lipinski definition) is 12. The number of aromatic amines is 1. The normalized spacial score (nSPS) is 23.4. The first kappa shape index (κ1) is 33.7. The van der Waals surface area contributed by atoms with Crippen molar-refractivity contribution in [2.45, 2.75) is 63.1 Å². The molecule has 222 valence electrons. The van der Waals surface area contributed by atoms with E-state index in [0.717, 1.165) is 17.2 Å². The van der Waals surface area contributed by atoms with Crippen LogP contribution in [0.5, 0.6) is 0 Å². The molecule has 3 unspecified atom stereocenters. The minimum absolute atomic E-state index is 0.0832. The zero-order valence-corrected chi connectivity index (χ0v) is 22.8. The zero-order valence-electron chi connectivity index (χ0n) is 20.1. The number of aliphatic hydroxyl groups excluding tert-OH is 3. The van der Waals surface area contributed by atoms with Gasteiger partial charge < -0.3 is 39.6 Å². The molecule has 18 nitrogen and oxygen atoms in total. The number of aromatic nitrogens is 2. The quantitative estimate of drug-likeness (QED) is 0.0715. The molecule has 0 spiro atoms. The first-order chi connectivity index (χ1) is 18.0. The minimum Gasteiger partial charge on any atom is -0.394 e. The second-order valence-electron chi connectivity index (χ2n) is 8.27. The number of nitrogens with one attached hydrogen (secondary N) is 1. The van der Waals surface area contributed by atoms with Crippen molar-refractivity contribution in [3.05, 3.63) is 32.6 Å². The average molecular weight is 622 g/mol. The lowest BCUT2D eigenvalue weighted by Gasteiger charge is -2.19. The zero-order chi connectivity index (χ0) is 29.4. The first-order valence-corrected chi connectivity index (χ1v) is 15.8. The Balaban J connectivity index is 1.99. The van der Waals surface area contributed by atoms with Crippen LogP contribution in [0.2, 0.25) is 0 Å². The lowest BCUT2D eigenvalue weighted by Crippen LogP contribution is -2.33. The number of nitrogens with zero attached hydrogens (tertiary/aromatic N) is 1. The molecule has 1 saturated heterocycles. The number of ether oxygens (including phenoxy) is 1. The van der Waals surface area contributed by atoms with Crippen LogP contribution >= 0.6 is 23.5 Å². The monoisotopic (exact) mass is 622 g/mol. The highest BCUT2D eigenvalue weighted by molar-refractivity contribution is 7.66. The summed E-state index contributed by atoms with van der Waals surface area (Å²) in [6.07, 6.45) is -0.923. The molecule has 0 bridgehead atoms. The van der Waals surface area contributed by atoms with E-state index in [1.807, 2.05) is 0 Å². The summed E-state index contributed by atoms with van der Waals surface area (Å²) in [5.74, 6) is 5.42. The maximum atomic E-state index is 12.3. The van der Waals surface area contributed by atoms with Gasteiger partial charge in [0.1, 0.15) is 17.9 Å². The van der Waals surface area contributed by atoms with E-state index < -0.39 is 65.9 Å². The van der Waals surface area contributed by atoms with Gasteiger partial charge in [-0.25, -0.2) is 18.5 Å². The molecule has 6 atom stereocenters. The third kappa shape index (κ3) is 11.9. The van der Waals surface area contributed by atoms with Crippen LogP contribution in [0.3, 0.4) is 0 Å². The van der Waals surface area contributed by atoms with Crippen LogP contribution in [0, 0.1) is 11.8 Å². The first-order valence-electron chi connectivity index (χ1n) is 11.3. The second-order valence-corrected chi connectivity index (χ2v) is 12.7. The predicted molar refractivity (Wildman–Crippen MR) is 129 cm³/mol. The molecule has 39 heavy (non-hydrogen) atoms. The van der Waals surface area contributed by atoms with E-state index >= 15 is 0 Å². The van der Waals surface area contributed by atoms with Crippen molar-refractivity contribution in [1.29, 1.82) is 0 Å². The molecule has 1 fully saturated rings. The molecule has 0 radical (unpaired) electrons. The van der Waals surface area contributed by atoms with E-state index in [1.165, 1.54) is 0 Å². The van der Waals surface area contributed by atoms with Crippen molar-refractivity contribution in [3.63, 3.8) is 0 Å². The Hall–Kier alpha value is -1.51. The molecule has 1 aliphatic heterocycles. The topological polar surface area (TPSA) is 285 Å². The Kier molecular flexibility index (Phi) is 12.4. The molecule has 21 heteroatoms. The molecule has 8 N–H and O–H groups in total.